The Morgan fingerprint density at radius 2 is 1.33 bits per heavy atom. The third-order valence-electron chi connectivity index (χ3n) is 6.04. The number of terminal acetylenes is 1. The standard InChI is InChI=1S/C13H18N2O.C8H9F.C6H12.C2H2/c14-13(16)12-3-1-10(2-4-12)9-11-5-7-15-8-6-11;1-2-7-3-5-8(9)6-4-7;1-2-4-6-5-3-1;1-2/h1-4,11,15H,5-9H2,(H2,14,16);3-6H,2H2,1H3;1-6H2;1-2H. The first kappa shape index (κ1) is 28.4. The Labute approximate surface area is 200 Å². The molecule has 0 aromatic heterocycles. The minimum Gasteiger partial charge on any atom is -0.366 e. The molecule has 4 rings (SSSR count). The highest BCUT2D eigenvalue weighted by atomic mass is 19.1. The van der Waals surface area contributed by atoms with Crippen LogP contribution in [0.1, 0.15) is 79.8 Å². The zero-order valence-corrected chi connectivity index (χ0v) is 20.2. The number of carbonyl (C=O) groups excluding carboxylic acids is 1. The molecule has 3 nitrogen and oxygen atoms in total. The highest BCUT2D eigenvalue weighted by Crippen LogP contribution is 2.18. The maximum absolute atomic E-state index is 12.2. The van der Waals surface area contributed by atoms with Gasteiger partial charge in [-0.25, -0.2) is 4.39 Å². The predicted molar refractivity (Wildman–Crippen MR) is 138 cm³/mol. The molecule has 0 radical (unpaired) electrons. The van der Waals surface area contributed by atoms with E-state index < -0.39 is 0 Å². The zero-order chi connectivity index (χ0) is 24.3. The van der Waals surface area contributed by atoms with Crippen molar-refractivity contribution in [3.8, 4) is 12.8 Å². The van der Waals surface area contributed by atoms with Crippen LogP contribution in [0.5, 0.6) is 0 Å². The van der Waals surface area contributed by atoms with Gasteiger partial charge in [0.15, 0.2) is 0 Å². The number of rotatable bonds is 4. The second-order valence-corrected chi connectivity index (χ2v) is 8.56. The summed E-state index contributed by atoms with van der Waals surface area (Å²) >= 11 is 0. The van der Waals surface area contributed by atoms with Crippen LogP contribution in [0.15, 0.2) is 48.5 Å². The van der Waals surface area contributed by atoms with Crippen molar-refractivity contribution in [1.29, 1.82) is 0 Å². The number of primary amides is 1. The molecular weight excluding hydrogens is 411 g/mol. The quantitative estimate of drug-likeness (QED) is 0.534. The summed E-state index contributed by atoms with van der Waals surface area (Å²) in [5, 5.41) is 3.36. The van der Waals surface area contributed by atoms with Gasteiger partial charge in [0, 0.05) is 5.56 Å². The fourth-order valence-electron chi connectivity index (χ4n) is 4.01. The number of piperidine rings is 1. The van der Waals surface area contributed by atoms with Gasteiger partial charge in [0.2, 0.25) is 5.91 Å². The van der Waals surface area contributed by atoms with E-state index in [1.165, 1.54) is 74.6 Å². The van der Waals surface area contributed by atoms with Gasteiger partial charge in [0.05, 0.1) is 0 Å². The van der Waals surface area contributed by atoms with E-state index in [4.69, 9.17) is 5.73 Å². The minimum absolute atomic E-state index is 0.160. The molecule has 1 saturated carbocycles. The number of hydrogen-bond donors (Lipinski definition) is 2. The Kier molecular flexibility index (Phi) is 15.4. The molecule has 33 heavy (non-hydrogen) atoms. The van der Waals surface area contributed by atoms with Crippen molar-refractivity contribution in [1.82, 2.24) is 5.32 Å². The van der Waals surface area contributed by atoms with Crippen molar-refractivity contribution in [2.75, 3.05) is 13.1 Å². The highest BCUT2D eigenvalue weighted by Gasteiger charge is 2.13. The van der Waals surface area contributed by atoms with E-state index in [1.807, 2.05) is 31.2 Å². The average molecular weight is 453 g/mol. The van der Waals surface area contributed by atoms with Gasteiger partial charge in [-0.05, 0) is 80.1 Å². The van der Waals surface area contributed by atoms with Gasteiger partial charge in [0.1, 0.15) is 5.82 Å². The number of hydrogen-bond acceptors (Lipinski definition) is 2. The molecule has 1 amide bonds. The molecular formula is C29H41FN2O. The number of carbonyl (C=O) groups is 1. The molecule has 180 valence electrons. The summed E-state index contributed by atoms with van der Waals surface area (Å²) in [5.41, 5.74) is 8.27. The largest absolute Gasteiger partial charge is 0.366 e. The number of nitrogens with one attached hydrogen (secondary N) is 1. The Bertz CT molecular complexity index is 762. The molecule has 3 N–H and O–H groups in total. The average Bonchev–Trinajstić information content (AvgIpc) is 2.88. The molecule has 1 aliphatic carbocycles. The molecule has 0 unspecified atom stereocenters. The zero-order valence-electron chi connectivity index (χ0n) is 20.2. The number of amides is 1. The van der Waals surface area contributed by atoms with Crippen LogP contribution in [0.3, 0.4) is 0 Å². The third kappa shape index (κ3) is 12.8. The van der Waals surface area contributed by atoms with Gasteiger partial charge < -0.3 is 11.1 Å². The molecule has 2 aliphatic rings. The molecule has 0 bridgehead atoms. The lowest BCUT2D eigenvalue weighted by molar-refractivity contribution is 0.100. The first-order valence-electron chi connectivity index (χ1n) is 12.3. The summed E-state index contributed by atoms with van der Waals surface area (Å²) in [4.78, 5) is 10.9. The smallest absolute Gasteiger partial charge is 0.248 e. The van der Waals surface area contributed by atoms with Crippen LogP contribution in [0.25, 0.3) is 0 Å². The Morgan fingerprint density at radius 3 is 1.76 bits per heavy atom. The summed E-state index contributed by atoms with van der Waals surface area (Å²) < 4.78 is 12.2. The summed E-state index contributed by atoms with van der Waals surface area (Å²) in [6.07, 6.45) is 21.6. The van der Waals surface area contributed by atoms with Crippen molar-refractivity contribution in [2.45, 2.75) is 71.1 Å². The van der Waals surface area contributed by atoms with E-state index in [0.29, 0.717) is 5.56 Å². The van der Waals surface area contributed by atoms with E-state index in [0.717, 1.165) is 31.8 Å². The van der Waals surface area contributed by atoms with E-state index in [2.05, 4.69) is 18.2 Å². The van der Waals surface area contributed by atoms with Crippen LogP contribution < -0.4 is 11.1 Å². The Balaban J connectivity index is 0.000000269. The lowest BCUT2D eigenvalue weighted by Gasteiger charge is -2.22. The van der Waals surface area contributed by atoms with Crippen LogP contribution in [-0.4, -0.2) is 19.0 Å². The maximum Gasteiger partial charge on any atom is 0.248 e. The molecule has 4 heteroatoms. The van der Waals surface area contributed by atoms with Crippen LogP contribution in [0.4, 0.5) is 4.39 Å². The molecule has 1 aliphatic heterocycles. The second kappa shape index (κ2) is 17.9. The molecule has 0 spiro atoms. The van der Waals surface area contributed by atoms with Crippen LogP contribution in [0, 0.1) is 24.6 Å². The summed E-state index contributed by atoms with van der Waals surface area (Å²) in [5.74, 6) is 0.265. The first-order chi connectivity index (χ1) is 16.1. The molecule has 2 aromatic rings. The lowest BCUT2D eigenvalue weighted by atomic mass is 9.91. The summed E-state index contributed by atoms with van der Waals surface area (Å²) in [6.45, 7) is 4.31. The van der Waals surface area contributed by atoms with Crippen LogP contribution in [0.2, 0.25) is 0 Å². The fraction of sp³-hybridized carbons (Fsp3) is 0.483. The Hall–Kier alpha value is -2.64. The molecule has 0 atom stereocenters. The van der Waals surface area contributed by atoms with Crippen molar-refractivity contribution in [3.63, 3.8) is 0 Å². The van der Waals surface area contributed by atoms with Crippen molar-refractivity contribution >= 4 is 5.91 Å². The normalized spacial score (nSPS) is 15.4. The van der Waals surface area contributed by atoms with Gasteiger partial charge in [-0.1, -0.05) is 69.7 Å². The molecule has 2 aromatic carbocycles. The predicted octanol–water partition coefficient (Wildman–Crippen LogP) is 6.31. The van der Waals surface area contributed by atoms with Crippen molar-refractivity contribution < 1.29 is 9.18 Å². The van der Waals surface area contributed by atoms with Gasteiger partial charge in [-0.15, -0.1) is 12.8 Å². The van der Waals surface area contributed by atoms with E-state index in [-0.39, 0.29) is 11.7 Å². The highest BCUT2D eigenvalue weighted by molar-refractivity contribution is 5.92. The van der Waals surface area contributed by atoms with Crippen LogP contribution in [-0.2, 0) is 12.8 Å². The number of aryl methyl sites for hydroxylation is 1. The van der Waals surface area contributed by atoms with E-state index in [9.17, 15) is 9.18 Å². The lowest BCUT2D eigenvalue weighted by Crippen LogP contribution is -2.28. The molecule has 1 heterocycles. The number of halogens is 1. The molecule has 1 saturated heterocycles. The molecule has 2 fully saturated rings. The summed E-state index contributed by atoms with van der Waals surface area (Å²) in [7, 11) is 0. The van der Waals surface area contributed by atoms with E-state index >= 15 is 0 Å². The van der Waals surface area contributed by atoms with Gasteiger partial charge in [0.25, 0.3) is 0 Å². The summed E-state index contributed by atoms with van der Waals surface area (Å²) in [6, 6.07) is 14.2. The first-order valence-corrected chi connectivity index (χ1v) is 12.3. The Morgan fingerprint density at radius 1 is 0.879 bits per heavy atom. The fourth-order valence-corrected chi connectivity index (χ4v) is 4.01. The topological polar surface area (TPSA) is 55.1 Å². The van der Waals surface area contributed by atoms with Gasteiger partial charge >= 0.3 is 0 Å². The second-order valence-electron chi connectivity index (χ2n) is 8.56. The third-order valence-corrected chi connectivity index (χ3v) is 6.04. The number of nitrogens with two attached hydrogens (primary N) is 1. The van der Waals surface area contributed by atoms with Gasteiger partial charge in [-0.2, -0.15) is 0 Å². The SMILES string of the molecule is C#C.C1CCCCC1.CCc1ccc(F)cc1.NC(=O)c1ccc(CC2CCNCC2)cc1. The van der Waals surface area contributed by atoms with Gasteiger partial charge in [-0.3, -0.25) is 4.79 Å². The monoisotopic (exact) mass is 452 g/mol. The number of benzene rings is 2. The maximum atomic E-state index is 12.2. The van der Waals surface area contributed by atoms with Crippen LogP contribution >= 0.6 is 0 Å². The van der Waals surface area contributed by atoms with Crippen molar-refractivity contribution in [3.05, 3.63) is 71.0 Å². The van der Waals surface area contributed by atoms with Crippen molar-refractivity contribution in [2.24, 2.45) is 11.7 Å². The van der Waals surface area contributed by atoms with E-state index in [1.54, 1.807) is 12.1 Å². The minimum atomic E-state index is -0.353.